The number of benzene rings is 2. The SMILES string of the molecule is CN(C)C=NS(=O)(=O)c1cc(NC(=O)Cc2ccccc2Cl)ccc1B1OC(C)(C)C(C)(C)O1. The summed E-state index contributed by atoms with van der Waals surface area (Å²) in [7, 11) is -1.71. The van der Waals surface area contributed by atoms with Crippen LogP contribution in [0.15, 0.2) is 51.8 Å². The van der Waals surface area contributed by atoms with Gasteiger partial charge in [0.05, 0.1) is 22.5 Å². The molecule has 1 heterocycles. The average Bonchev–Trinajstić information content (AvgIpc) is 2.95. The highest BCUT2D eigenvalue weighted by Crippen LogP contribution is 2.37. The van der Waals surface area contributed by atoms with Crippen LogP contribution in [0.1, 0.15) is 33.3 Å². The van der Waals surface area contributed by atoms with Gasteiger partial charge in [-0.3, -0.25) is 4.79 Å². The van der Waals surface area contributed by atoms with E-state index in [-0.39, 0.29) is 17.2 Å². The summed E-state index contributed by atoms with van der Waals surface area (Å²) in [5.74, 6) is -0.336. The molecule has 0 aromatic heterocycles. The van der Waals surface area contributed by atoms with Crippen molar-refractivity contribution < 1.29 is 22.5 Å². The van der Waals surface area contributed by atoms with Gasteiger partial charge in [-0.15, -0.1) is 4.40 Å². The number of sulfonamides is 1. The summed E-state index contributed by atoms with van der Waals surface area (Å²) >= 11 is 6.15. The Morgan fingerprint density at radius 2 is 1.74 bits per heavy atom. The molecule has 182 valence electrons. The molecule has 0 spiro atoms. The Balaban J connectivity index is 1.97. The van der Waals surface area contributed by atoms with Crippen LogP contribution in [0.3, 0.4) is 0 Å². The molecular weight excluding hydrogens is 477 g/mol. The monoisotopic (exact) mass is 505 g/mol. The normalized spacial score (nSPS) is 17.2. The lowest BCUT2D eigenvalue weighted by molar-refractivity contribution is -0.115. The van der Waals surface area contributed by atoms with Crippen LogP contribution in [0.5, 0.6) is 0 Å². The summed E-state index contributed by atoms with van der Waals surface area (Å²) in [6.45, 7) is 7.53. The number of hydrogen-bond acceptors (Lipinski definition) is 5. The fourth-order valence-corrected chi connectivity index (χ4v) is 4.60. The minimum atomic E-state index is -4.13. The Morgan fingerprint density at radius 3 is 2.32 bits per heavy atom. The third-order valence-corrected chi connectivity index (χ3v) is 7.46. The van der Waals surface area contributed by atoms with Gasteiger partial charge in [0.15, 0.2) is 0 Å². The third kappa shape index (κ3) is 5.80. The van der Waals surface area contributed by atoms with Crippen molar-refractivity contribution in [1.82, 2.24) is 4.90 Å². The zero-order valence-corrected chi connectivity index (χ0v) is 21.7. The van der Waals surface area contributed by atoms with E-state index >= 15 is 0 Å². The fraction of sp³-hybridized carbons (Fsp3) is 0.391. The Morgan fingerprint density at radius 1 is 1.12 bits per heavy atom. The van der Waals surface area contributed by atoms with Gasteiger partial charge in [0.1, 0.15) is 6.34 Å². The lowest BCUT2D eigenvalue weighted by Crippen LogP contribution is -2.41. The van der Waals surface area contributed by atoms with Gasteiger partial charge in [-0.25, -0.2) is 0 Å². The predicted molar refractivity (Wildman–Crippen MR) is 135 cm³/mol. The molecule has 1 aliphatic rings. The largest absolute Gasteiger partial charge is 0.496 e. The maximum Gasteiger partial charge on any atom is 0.496 e. The molecule has 1 saturated heterocycles. The standard InChI is InChI=1S/C23H29BClN3O5S/c1-22(2)23(3,4)33-24(32-22)18-12-11-17(14-20(18)34(30,31)26-15-28(5)6)27-21(29)13-16-9-7-8-10-19(16)25/h7-12,14-15H,13H2,1-6H3,(H,27,29). The van der Waals surface area contributed by atoms with Crippen molar-refractivity contribution in [3.8, 4) is 0 Å². The highest BCUT2D eigenvalue weighted by Gasteiger charge is 2.52. The molecule has 2 aromatic carbocycles. The van der Waals surface area contributed by atoms with Crippen LogP contribution < -0.4 is 10.8 Å². The molecule has 1 amide bonds. The van der Waals surface area contributed by atoms with E-state index in [2.05, 4.69) is 9.71 Å². The van der Waals surface area contributed by atoms with E-state index in [1.165, 1.54) is 17.3 Å². The number of anilines is 1. The molecule has 3 rings (SSSR count). The minimum absolute atomic E-state index is 0.0412. The first-order valence-corrected chi connectivity index (χ1v) is 12.5. The van der Waals surface area contributed by atoms with Crippen molar-refractivity contribution in [2.24, 2.45) is 4.40 Å². The van der Waals surface area contributed by atoms with Crippen molar-refractivity contribution in [1.29, 1.82) is 0 Å². The van der Waals surface area contributed by atoms with Crippen LogP contribution in [0, 0.1) is 0 Å². The summed E-state index contributed by atoms with van der Waals surface area (Å²) in [4.78, 5) is 14.0. The van der Waals surface area contributed by atoms with Crippen LogP contribution in [0.2, 0.25) is 5.02 Å². The first-order chi connectivity index (χ1) is 15.7. The molecule has 0 aliphatic carbocycles. The number of carbonyl (C=O) groups excluding carboxylic acids is 1. The summed E-state index contributed by atoms with van der Waals surface area (Å²) < 4.78 is 42.2. The molecule has 0 radical (unpaired) electrons. The maximum absolute atomic E-state index is 13.1. The van der Waals surface area contributed by atoms with E-state index in [1.807, 2.05) is 27.7 Å². The number of halogens is 1. The molecule has 0 bridgehead atoms. The first kappa shape index (κ1) is 26.2. The summed E-state index contributed by atoms with van der Waals surface area (Å²) in [5.41, 5.74) is -0.0468. The Bertz CT molecular complexity index is 1200. The zero-order chi connectivity index (χ0) is 25.3. The highest BCUT2D eigenvalue weighted by molar-refractivity contribution is 7.90. The molecule has 1 aliphatic heterocycles. The predicted octanol–water partition coefficient (Wildman–Crippen LogP) is 3.10. The summed E-state index contributed by atoms with van der Waals surface area (Å²) in [5, 5.41) is 3.22. The van der Waals surface area contributed by atoms with E-state index in [0.29, 0.717) is 21.7 Å². The number of carbonyl (C=O) groups is 1. The van der Waals surface area contributed by atoms with Crippen LogP contribution in [-0.4, -0.2) is 58.0 Å². The van der Waals surface area contributed by atoms with Gasteiger partial charge in [-0.1, -0.05) is 35.9 Å². The van der Waals surface area contributed by atoms with Gasteiger partial charge in [0.25, 0.3) is 10.0 Å². The minimum Gasteiger partial charge on any atom is -0.399 e. The van der Waals surface area contributed by atoms with E-state index in [0.717, 1.165) is 0 Å². The summed E-state index contributed by atoms with van der Waals surface area (Å²) in [6, 6.07) is 11.6. The molecule has 8 nitrogen and oxygen atoms in total. The molecule has 1 N–H and O–H groups in total. The van der Waals surface area contributed by atoms with E-state index in [9.17, 15) is 13.2 Å². The number of hydrogen-bond donors (Lipinski definition) is 1. The maximum atomic E-state index is 13.1. The number of nitrogens with one attached hydrogen (secondary N) is 1. The van der Waals surface area contributed by atoms with Gasteiger partial charge < -0.3 is 19.5 Å². The van der Waals surface area contributed by atoms with E-state index < -0.39 is 28.3 Å². The Kier molecular flexibility index (Phi) is 7.47. The van der Waals surface area contributed by atoms with Crippen molar-refractivity contribution in [2.75, 3.05) is 19.4 Å². The second kappa shape index (κ2) is 9.69. The van der Waals surface area contributed by atoms with Gasteiger partial charge in [0, 0.05) is 30.3 Å². The smallest absolute Gasteiger partial charge is 0.399 e. The van der Waals surface area contributed by atoms with Crippen LogP contribution in [-0.2, 0) is 30.5 Å². The van der Waals surface area contributed by atoms with Crippen LogP contribution >= 0.6 is 11.6 Å². The third-order valence-electron chi connectivity index (χ3n) is 5.81. The van der Waals surface area contributed by atoms with Crippen molar-refractivity contribution in [3.05, 3.63) is 53.1 Å². The Labute approximate surface area is 206 Å². The number of amides is 1. The van der Waals surface area contributed by atoms with Gasteiger partial charge in [0.2, 0.25) is 5.91 Å². The van der Waals surface area contributed by atoms with E-state index in [1.54, 1.807) is 50.5 Å². The molecule has 1 fully saturated rings. The second-order valence-corrected chi connectivity index (χ2v) is 11.3. The van der Waals surface area contributed by atoms with Crippen LogP contribution in [0.25, 0.3) is 0 Å². The zero-order valence-electron chi connectivity index (χ0n) is 20.1. The van der Waals surface area contributed by atoms with Gasteiger partial charge >= 0.3 is 7.12 Å². The fourth-order valence-electron chi connectivity index (χ4n) is 3.23. The lowest BCUT2D eigenvalue weighted by atomic mass is 9.79. The quantitative estimate of drug-likeness (QED) is 0.353. The topological polar surface area (TPSA) is 97.3 Å². The first-order valence-electron chi connectivity index (χ1n) is 10.7. The van der Waals surface area contributed by atoms with Crippen molar-refractivity contribution in [3.63, 3.8) is 0 Å². The molecule has 34 heavy (non-hydrogen) atoms. The van der Waals surface area contributed by atoms with Crippen LogP contribution in [0.4, 0.5) is 5.69 Å². The van der Waals surface area contributed by atoms with Crippen molar-refractivity contribution in [2.45, 2.75) is 50.2 Å². The molecule has 2 aromatic rings. The van der Waals surface area contributed by atoms with Gasteiger partial charge in [-0.05, 0) is 51.5 Å². The van der Waals surface area contributed by atoms with Crippen molar-refractivity contribution >= 4 is 52.1 Å². The molecular formula is C23H29BClN3O5S. The second-order valence-electron chi connectivity index (χ2n) is 9.32. The number of nitrogens with zero attached hydrogens (tertiary/aromatic N) is 2. The number of rotatable bonds is 7. The molecule has 0 atom stereocenters. The molecule has 0 saturated carbocycles. The summed E-state index contributed by atoms with van der Waals surface area (Å²) in [6.07, 6.45) is 1.24. The van der Waals surface area contributed by atoms with Gasteiger partial charge in [-0.2, -0.15) is 8.42 Å². The highest BCUT2D eigenvalue weighted by atomic mass is 35.5. The molecule has 0 unspecified atom stereocenters. The van der Waals surface area contributed by atoms with E-state index in [4.69, 9.17) is 20.9 Å². The average molecular weight is 506 g/mol. The Hall–Kier alpha value is -2.40. The lowest BCUT2D eigenvalue weighted by Gasteiger charge is -2.32. The molecule has 11 heteroatoms.